The number of nitrogens with zero attached hydrogens (tertiary/aromatic N) is 6. The molecule has 0 radical (unpaired) electrons. The summed E-state index contributed by atoms with van der Waals surface area (Å²) in [6.07, 6.45) is 52.8. The molecule has 0 spiro atoms. The van der Waals surface area contributed by atoms with Gasteiger partial charge in [0.15, 0.2) is 23.0 Å². The van der Waals surface area contributed by atoms with Crippen LogP contribution in [0.4, 0.5) is 22.6 Å². The Hall–Kier alpha value is -9.77. The van der Waals surface area contributed by atoms with Gasteiger partial charge < -0.3 is 108 Å². The third-order valence-electron chi connectivity index (χ3n) is 21.8. The quantitative estimate of drug-likeness (QED) is 0.0174. The minimum Gasteiger partial charge on any atom is -0.490 e. The van der Waals surface area contributed by atoms with E-state index in [9.17, 15) is 24.0 Å². The van der Waals surface area contributed by atoms with E-state index < -0.39 is 0 Å². The fraction of sp³-hybridized carbons (Fsp3) is 0.663. The molecule has 6 heterocycles. The van der Waals surface area contributed by atoms with Crippen LogP contribution in [0.15, 0.2) is 24.3 Å². The van der Waals surface area contributed by atoms with E-state index in [-0.39, 0.29) is 59.7 Å². The van der Waals surface area contributed by atoms with Crippen molar-refractivity contribution in [1.29, 1.82) is 0 Å². The molecule has 5 fully saturated rings. The van der Waals surface area contributed by atoms with Crippen molar-refractivity contribution < 1.29 is 85.6 Å². The Balaban J connectivity index is 0.777. The number of carbonyl (C=O) groups excluding carboxylic acids is 5. The third-order valence-corrected chi connectivity index (χ3v) is 23.3. The normalized spacial score (nSPS) is 16.3. The summed E-state index contributed by atoms with van der Waals surface area (Å²) in [4.78, 5) is 88.3. The number of hydrogen-bond donors (Lipinski definition) is 6. The number of terminal acetylenes is 6. The van der Waals surface area contributed by atoms with Gasteiger partial charge in [-0.2, -0.15) is 26.7 Å². The highest BCUT2D eigenvalue weighted by Gasteiger charge is 2.43. The van der Waals surface area contributed by atoms with Gasteiger partial charge in [0.05, 0.1) is 144 Å². The summed E-state index contributed by atoms with van der Waals surface area (Å²) >= 11 is 1.89. The lowest BCUT2D eigenvalue weighted by atomic mass is 9.96. The lowest BCUT2D eigenvalue weighted by molar-refractivity contribution is -0.126. The van der Waals surface area contributed by atoms with Crippen LogP contribution >= 0.6 is 11.8 Å². The largest absolute Gasteiger partial charge is 0.490 e. The molecule has 8 rings (SSSR count). The number of thioether (sulfide) groups is 1. The Morgan fingerprint density at radius 3 is 1.07 bits per heavy atom. The Kier molecular flexibility index (Phi) is 50.3. The molecule has 1 aromatic heterocycles. The fourth-order valence-electron chi connectivity index (χ4n) is 14.7. The average molecular weight is 1770 g/mol. The van der Waals surface area contributed by atoms with Crippen molar-refractivity contribution in [3.05, 3.63) is 35.4 Å². The highest BCUT2D eigenvalue weighted by atomic mass is 32.2. The topological polar surface area (TPSA) is 326 Å². The maximum absolute atomic E-state index is 14.5. The van der Waals surface area contributed by atoms with E-state index in [4.69, 9.17) is 115 Å². The highest BCUT2D eigenvalue weighted by Crippen LogP contribution is 2.42. The number of piperidine rings is 3. The summed E-state index contributed by atoms with van der Waals surface area (Å²) in [5.74, 6) is 20.3. The fourth-order valence-corrected chi connectivity index (χ4v) is 16.3. The minimum atomic E-state index is -0.278. The van der Waals surface area contributed by atoms with Crippen molar-refractivity contribution in [2.75, 3.05) is 205 Å². The smallest absolute Gasteiger partial charge is 0.315 e. The molecule has 0 saturated carbocycles. The van der Waals surface area contributed by atoms with E-state index in [1.54, 1.807) is 24.3 Å². The molecular formula is C95H136N12O18S. The number of amides is 6. The second-order valence-corrected chi connectivity index (χ2v) is 32.7. The molecule has 5 aliphatic rings. The van der Waals surface area contributed by atoms with Crippen molar-refractivity contribution in [1.82, 2.24) is 46.9 Å². The second-order valence-electron chi connectivity index (χ2n) is 31.4. The van der Waals surface area contributed by atoms with Crippen LogP contribution < -0.4 is 75.0 Å². The van der Waals surface area contributed by atoms with Crippen LogP contribution in [-0.2, 0) is 42.7 Å². The first-order valence-electron chi connectivity index (χ1n) is 45.6. The molecule has 3 aromatic rings. The van der Waals surface area contributed by atoms with E-state index in [1.807, 2.05) is 11.8 Å². The van der Waals surface area contributed by atoms with Crippen LogP contribution in [0.5, 0.6) is 34.5 Å². The summed E-state index contributed by atoms with van der Waals surface area (Å²) in [6, 6.07) is 6.85. The maximum Gasteiger partial charge on any atom is 0.315 e. The van der Waals surface area contributed by atoms with Gasteiger partial charge in [0.25, 0.3) is 11.8 Å². The molecule has 2 aromatic carbocycles. The van der Waals surface area contributed by atoms with Crippen LogP contribution in [0.25, 0.3) is 0 Å². The molecule has 31 heteroatoms. The Bertz CT molecular complexity index is 3700. The number of nitrogens with one attached hydrogen (secondary N) is 6. The van der Waals surface area contributed by atoms with E-state index in [2.05, 4.69) is 82.1 Å². The van der Waals surface area contributed by atoms with E-state index >= 15 is 0 Å². The first-order valence-corrected chi connectivity index (χ1v) is 46.6. The molecule has 0 bridgehead atoms. The molecule has 3 unspecified atom stereocenters. The van der Waals surface area contributed by atoms with Crippen LogP contribution in [0.3, 0.4) is 0 Å². The van der Waals surface area contributed by atoms with Gasteiger partial charge in [-0.05, 0) is 153 Å². The van der Waals surface area contributed by atoms with Crippen LogP contribution in [0.2, 0.25) is 0 Å². The average Bonchev–Trinajstić information content (AvgIpc) is 1.80. The number of ether oxygens (including phenoxy) is 13. The van der Waals surface area contributed by atoms with Crippen LogP contribution in [-0.4, -0.2) is 264 Å². The van der Waals surface area contributed by atoms with Gasteiger partial charge in [-0.3, -0.25) is 19.2 Å². The number of aromatic nitrogens is 3. The van der Waals surface area contributed by atoms with Gasteiger partial charge >= 0.3 is 6.03 Å². The molecule has 0 aliphatic carbocycles. The monoisotopic (exact) mass is 1760 g/mol. The number of urea groups is 1. The van der Waals surface area contributed by atoms with E-state index in [1.165, 1.54) is 0 Å². The molecule has 126 heavy (non-hydrogen) atoms. The molecule has 3 atom stereocenters. The minimum absolute atomic E-state index is 0.0223. The number of unbranched alkanes of at least 4 members (excludes halogenated alkanes) is 13. The molecule has 6 amide bonds. The second kappa shape index (κ2) is 62.4. The molecular weight excluding hydrogens is 1630 g/mol. The van der Waals surface area contributed by atoms with Crippen molar-refractivity contribution in [2.24, 2.45) is 5.92 Å². The molecule has 6 N–H and O–H groups in total. The van der Waals surface area contributed by atoms with Crippen molar-refractivity contribution in [2.45, 2.75) is 209 Å². The lowest BCUT2D eigenvalue weighted by Crippen LogP contribution is -2.47. The summed E-state index contributed by atoms with van der Waals surface area (Å²) in [7, 11) is 0. The molecule has 30 nitrogen and oxygen atoms in total. The van der Waals surface area contributed by atoms with Gasteiger partial charge in [-0.1, -0.05) is 6.42 Å². The number of rotatable bonds is 67. The Labute approximate surface area is 751 Å². The van der Waals surface area contributed by atoms with E-state index in [0.29, 0.717) is 362 Å². The van der Waals surface area contributed by atoms with Crippen molar-refractivity contribution >= 4 is 59.3 Å². The predicted molar refractivity (Wildman–Crippen MR) is 488 cm³/mol. The van der Waals surface area contributed by atoms with Gasteiger partial charge in [-0.15, -0.1) is 74.1 Å². The van der Waals surface area contributed by atoms with Gasteiger partial charge in [0.1, 0.15) is 0 Å². The predicted octanol–water partition coefficient (Wildman–Crippen LogP) is 10.1. The summed E-state index contributed by atoms with van der Waals surface area (Å²) in [6.45, 7) is 12.0. The van der Waals surface area contributed by atoms with Gasteiger partial charge in [-0.25, -0.2) is 4.79 Å². The Morgan fingerprint density at radius 1 is 0.397 bits per heavy atom. The molecule has 5 aliphatic heterocycles. The SMILES string of the molecule is C#CCCCCOc1cc(C(=O)NC2CCN(c3nc(N4CCC(NC(=O)c5cc(OCCCCC#C)c(OCCCCC#C)c(OCCCCC#C)c5)CC4)nc(N4CCC(C(=O)NCCOCCOCCOCCOCCOCCOCCOCCNC(=O)CCCCC5SCC6NC(=O)NC65)CC4)n3)CC2)cc(OCCCCC#C)c1OCCCCC#C. The molecule has 690 valence electrons. The van der Waals surface area contributed by atoms with E-state index in [0.717, 1.165) is 76.4 Å². The molecule has 5 saturated heterocycles. The van der Waals surface area contributed by atoms with Gasteiger partial charge in [0.2, 0.25) is 41.2 Å². The number of carbonyl (C=O) groups is 5. The maximum atomic E-state index is 14.5. The zero-order valence-corrected chi connectivity index (χ0v) is 74.8. The standard InChI is InChI=1S/C95H136N12O18S/c1-7-13-19-27-49-120-80-69-75(70-81(121-50-28-20-14-8-2)87(80)124-53-31-23-17-11-5)90(110)98-77-37-45-106(46-38-77)93-102-92(103-94(104-93)107-47-39-78(40-48-107)99-91(111)76-71-82(122-51-29-21-15-9-3)88(125-54-32-24-18-12-6)83(72-76)123-52-30-22-16-10-4)105-43-35-74(36-44-105)89(109)97-42-56-114-58-60-116-62-64-118-66-68-119-67-65-117-63-61-115-59-57-113-55-41-96-85(108)34-26-25-33-84-86-79(73-126-84)100-95(112)101-86/h1-6,69-72,74,77-79,84,86H,13-68,73H2,(H,96,108)(H,97,109)(H,98,110)(H,99,111)(H2,100,101,112). The first kappa shape index (κ1) is 102. The number of benzene rings is 2. The summed E-state index contributed by atoms with van der Waals surface area (Å²) < 4.78 is 77.6. The van der Waals surface area contributed by atoms with Gasteiger partial charge in [0, 0.05) is 137 Å². The highest BCUT2D eigenvalue weighted by molar-refractivity contribution is 8.00. The number of hydrogen-bond acceptors (Lipinski definition) is 25. The summed E-state index contributed by atoms with van der Waals surface area (Å²) in [5.41, 5.74) is 0.743. The zero-order chi connectivity index (χ0) is 89.1. The first-order chi connectivity index (χ1) is 61.9. The summed E-state index contributed by atoms with van der Waals surface area (Å²) in [5, 5.41) is 19.0. The van der Waals surface area contributed by atoms with Crippen molar-refractivity contribution in [3.63, 3.8) is 0 Å². The lowest BCUT2D eigenvalue weighted by Gasteiger charge is -2.36. The Morgan fingerprint density at radius 2 is 0.722 bits per heavy atom. The van der Waals surface area contributed by atoms with Crippen molar-refractivity contribution in [3.8, 4) is 109 Å². The number of anilines is 3. The van der Waals surface area contributed by atoms with Crippen LogP contribution in [0, 0.1) is 80.0 Å². The van der Waals surface area contributed by atoms with Crippen LogP contribution in [0.1, 0.15) is 200 Å². The number of fused-ring (bicyclic) bond motifs is 1. The zero-order valence-electron chi connectivity index (χ0n) is 74.0. The third kappa shape index (κ3) is 38.8.